The van der Waals surface area contributed by atoms with Crippen molar-refractivity contribution in [3.8, 4) is 5.75 Å². The van der Waals surface area contributed by atoms with E-state index in [1.165, 1.54) is 12.1 Å². The molecular formula is C20H19F3N2O3. The number of nitrogens with zero attached hydrogens (tertiary/aromatic N) is 1. The van der Waals surface area contributed by atoms with Gasteiger partial charge in [-0.2, -0.15) is 13.2 Å². The first kappa shape index (κ1) is 19.8. The Bertz CT molecular complexity index is 936. The number of nitrogens with one attached hydrogen (secondary N) is 1. The van der Waals surface area contributed by atoms with Gasteiger partial charge in [-0.05, 0) is 23.8 Å². The fourth-order valence-electron chi connectivity index (χ4n) is 3.03. The lowest BCUT2D eigenvalue weighted by Crippen LogP contribution is -2.57. The van der Waals surface area contributed by atoms with Crippen LogP contribution in [0.15, 0.2) is 54.2 Å². The summed E-state index contributed by atoms with van der Waals surface area (Å²) in [4.78, 5) is 13.5. The number of fused-ring (bicyclic) bond motifs is 1. The molecule has 2 aromatic rings. The molecule has 148 valence electrons. The standard InChI is InChI=1S/C20H19F3N2O3/c1-12(26)24-18-17(13-8-10-14(11-9-13)25(2)3)15-6-4-5-7-16(15)28-19(18,27)20(21,22)23/h4-11,27H,1-3H3,(H,24,26). The molecule has 1 heterocycles. The van der Waals surface area contributed by atoms with E-state index in [1.54, 1.807) is 36.4 Å². The molecule has 0 aromatic heterocycles. The van der Waals surface area contributed by atoms with Crippen molar-refractivity contribution >= 4 is 17.2 Å². The van der Waals surface area contributed by atoms with Crippen molar-refractivity contribution in [2.45, 2.75) is 18.9 Å². The third kappa shape index (κ3) is 3.31. The number of rotatable bonds is 3. The molecule has 2 N–H and O–H groups in total. The summed E-state index contributed by atoms with van der Waals surface area (Å²) in [6.45, 7) is 1.07. The van der Waals surface area contributed by atoms with E-state index in [0.717, 1.165) is 12.6 Å². The van der Waals surface area contributed by atoms with Crippen molar-refractivity contribution in [3.05, 3.63) is 65.4 Å². The monoisotopic (exact) mass is 392 g/mol. The van der Waals surface area contributed by atoms with Crippen molar-refractivity contribution in [1.82, 2.24) is 5.32 Å². The number of halogens is 3. The van der Waals surface area contributed by atoms with E-state index in [2.05, 4.69) is 5.32 Å². The highest BCUT2D eigenvalue weighted by Gasteiger charge is 2.62. The zero-order valence-electron chi connectivity index (χ0n) is 15.5. The van der Waals surface area contributed by atoms with Crippen LogP contribution in [-0.4, -0.2) is 37.1 Å². The molecule has 0 fully saturated rings. The Labute approximate surface area is 160 Å². The van der Waals surface area contributed by atoms with Crippen molar-refractivity contribution in [2.24, 2.45) is 0 Å². The first-order valence-corrected chi connectivity index (χ1v) is 8.42. The zero-order valence-corrected chi connectivity index (χ0v) is 15.5. The normalized spacial score (nSPS) is 19.0. The van der Waals surface area contributed by atoms with E-state index in [9.17, 15) is 23.1 Å². The van der Waals surface area contributed by atoms with Gasteiger partial charge in [0.1, 0.15) is 11.4 Å². The predicted molar refractivity (Wildman–Crippen MR) is 98.7 cm³/mol. The van der Waals surface area contributed by atoms with E-state index >= 15 is 0 Å². The third-order valence-electron chi connectivity index (χ3n) is 4.36. The molecule has 0 saturated carbocycles. The number of amides is 1. The Balaban J connectivity index is 2.33. The number of aliphatic hydroxyl groups is 1. The second-order valence-electron chi connectivity index (χ2n) is 6.61. The molecule has 0 saturated heterocycles. The maximum Gasteiger partial charge on any atom is 0.462 e. The van der Waals surface area contributed by atoms with Gasteiger partial charge in [0.15, 0.2) is 0 Å². The molecule has 8 heteroatoms. The summed E-state index contributed by atoms with van der Waals surface area (Å²) in [6.07, 6.45) is -5.19. The molecule has 0 aliphatic carbocycles. The fraction of sp³-hybridized carbons (Fsp3) is 0.250. The summed E-state index contributed by atoms with van der Waals surface area (Å²) in [7, 11) is 3.67. The Kier molecular flexibility index (Phi) is 4.84. The van der Waals surface area contributed by atoms with Crippen LogP contribution < -0.4 is 15.0 Å². The van der Waals surface area contributed by atoms with Crippen LogP contribution in [0.1, 0.15) is 18.1 Å². The lowest BCUT2D eigenvalue weighted by molar-refractivity contribution is -0.318. The quantitative estimate of drug-likeness (QED) is 0.842. The van der Waals surface area contributed by atoms with Gasteiger partial charge in [-0.3, -0.25) is 4.79 Å². The van der Waals surface area contributed by atoms with E-state index < -0.39 is 23.6 Å². The van der Waals surface area contributed by atoms with Crippen molar-refractivity contribution < 1.29 is 27.8 Å². The van der Waals surface area contributed by atoms with Crippen LogP contribution in [-0.2, 0) is 4.79 Å². The number of ether oxygens (including phenoxy) is 1. The molecule has 1 aliphatic heterocycles. The van der Waals surface area contributed by atoms with Gasteiger partial charge < -0.3 is 20.1 Å². The van der Waals surface area contributed by atoms with Gasteiger partial charge in [0.25, 0.3) is 0 Å². The summed E-state index contributed by atoms with van der Waals surface area (Å²) in [5, 5.41) is 12.7. The molecule has 3 rings (SSSR count). The number of alkyl halides is 3. The molecule has 28 heavy (non-hydrogen) atoms. The number of benzene rings is 2. The number of hydrogen-bond acceptors (Lipinski definition) is 4. The topological polar surface area (TPSA) is 61.8 Å². The minimum atomic E-state index is -5.19. The van der Waals surface area contributed by atoms with Crippen LogP contribution in [0.25, 0.3) is 5.57 Å². The minimum absolute atomic E-state index is 0.0437. The summed E-state index contributed by atoms with van der Waals surface area (Å²) in [5.41, 5.74) is 0.855. The van der Waals surface area contributed by atoms with Gasteiger partial charge in [0, 0.05) is 37.8 Å². The summed E-state index contributed by atoms with van der Waals surface area (Å²) >= 11 is 0. The Morgan fingerprint density at radius 3 is 2.25 bits per heavy atom. The van der Waals surface area contributed by atoms with Crippen LogP contribution >= 0.6 is 0 Å². The third-order valence-corrected chi connectivity index (χ3v) is 4.36. The van der Waals surface area contributed by atoms with Crippen molar-refractivity contribution in [2.75, 3.05) is 19.0 Å². The molecule has 1 amide bonds. The number of carbonyl (C=O) groups is 1. The van der Waals surface area contributed by atoms with Gasteiger partial charge in [0.05, 0.1) is 0 Å². The predicted octanol–water partition coefficient (Wildman–Crippen LogP) is 3.29. The maximum atomic E-state index is 13.8. The van der Waals surface area contributed by atoms with Gasteiger partial charge in [-0.25, -0.2) is 0 Å². The molecule has 1 atom stereocenters. The number of carbonyl (C=O) groups excluding carboxylic acids is 1. The molecule has 5 nitrogen and oxygen atoms in total. The SMILES string of the molecule is CC(=O)NC1=C(c2ccc(N(C)C)cc2)c2ccccc2OC1(O)C(F)(F)F. The Morgan fingerprint density at radius 1 is 1.11 bits per heavy atom. The summed E-state index contributed by atoms with van der Waals surface area (Å²) < 4.78 is 46.4. The van der Waals surface area contributed by atoms with Crippen LogP contribution in [0.3, 0.4) is 0 Å². The van der Waals surface area contributed by atoms with E-state index in [4.69, 9.17) is 4.74 Å². The minimum Gasteiger partial charge on any atom is -0.448 e. The number of hydrogen-bond donors (Lipinski definition) is 2. The van der Waals surface area contributed by atoms with Gasteiger partial charge in [-0.15, -0.1) is 0 Å². The van der Waals surface area contributed by atoms with Crippen molar-refractivity contribution in [1.29, 1.82) is 0 Å². The van der Waals surface area contributed by atoms with E-state index in [0.29, 0.717) is 11.1 Å². The van der Waals surface area contributed by atoms with Gasteiger partial charge in [-0.1, -0.05) is 30.3 Å². The second kappa shape index (κ2) is 6.87. The average molecular weight is 392 g/mol. The Hall–Kier alpha value is -3.00. The zero-order chi connectivity index (χ0) is 20.7. The highest BCUT2D eigenvalue weighted by molar-refractivity contribution is 5.90. The first-order valence-electron chi connectivity index (χ1n) is 8.42. The van der Waals surface area contributed by atoms with Crippen molar-refractivity contribution in [3.63, 3.8) is 0 Å². The van der Waals surface area contributed by atoms with Crippen LogP contribution in [0, 0.1) is 0 Å². The van der Waals surface area contributed by atoms with Gasteiger partial charge in [0.2, 0.25) is 5.91 Å². The molecule has 1 aliphatic rings. The highest BCUT2D eigenvalue weighted by Crippen LogP contribution is 2.48. The van der Waals surface area contributed by atoms with E-state index in [-0.39, 0.29) is 11.3 Å². The Morgan fingerprint density at radius 2 is 1.71 bits per heavy atom. The largest absolute Gasteiger partial charge is 0.462 e. The van der Waals surface area contributed by atoms with Gasteiger partial charge >= 0.3 is 12.0 Å². The molecule has 0 bridgehead atoms. The maximum absolute atomic E-state index is 13.8. The molecule has 1 unspecified atom stereocenters. The average Bonchev–Trinajstić information content (AvgIpc) is 2.61. The number of anilines is 1. The molecule has 0 radical (unpaired) electrons. The molecular weight excluding hydrogens is 373 g/mol. The summed E-state index contributed by atoms with van der Waals surface area (Å²) in [6, 6.07) is 12.8. The summed E-state index contributed by atoms with van der Waals surface area (Å²) in [5.74, 6) is -4.59. The van der Waals surface area contributed by atoms with Crippen LogP contribution in [0.5, 0.6) is 5.75 Å². The first-order chi connectivity index (χ1) is 13.0. The lowest BCUT2D eigenvalue weighted by Gasteiger charge is -2.38. The lowest BCUT2D eigenvalue weighted by atomic mass is 9.89. The highest BCUT2D eigenvalue weighted by atomic mass is 19.4. The second-order valence-corrected chi connectivity index (χ2v) is 6.61. The van der Waals surface area contributed by atoms with E-state index in [1.807, 2.05) is 19.0 Å². The molecule has 0 spiro atoms. The van der Waals surface area contributed by atoms with Crippen LogP contribution in [0.2, 0.25) is 0 Å². The smallest absolute Gasteiger partial charge is 0.448 e. The number of para-hydroxylation sites is 1. The van der Waals surface area contributed by atoms with Crippen LogP contribution in [0.4, 0.5) is 18.9 Å². The fourth-order valence-corrected chi connectivity index (χ4v) is 3.03. The molecule has 2 aromatic carbocycles.